The second kappa shape index (κ2) is 13.2. The van der Waals surface area contributed by atoms with Gasteiger partial charge in [-0.3, -0.25) is 4.79 Å². The molecule has 0 saturated heterocycles. The van der Waals surface area contributed by atoms with Gasteiger partial charge in [-0.15, -0.1) is 0 Å². The molecule has 1 aliphatic carbocycles. The molecule has 0 aromatic heterocycles. The number of carbonyl (C=O) groups excluding carboxylic acids is 2. The zero-order valence-corrected chi connectivity index (χ0v) is 17.9. The molecule has 0 fully saturated rings. The molecule has 3 unspecified atom stereocenters. The SMILES string of the molecule is CCCCC(CC)C(=O)OCC(CO)OC(=O)C=CC1(OC)C=CC(OC)=CC1. The first kappa shape index (κ1) is 24.9. The maximum atomic E-state index is 12.2. The number of esters is 2. The van der Waals surface area contributed by atoms with Gasteiger partial charge in [-0.1, -0.05) is 26.7 Å². The topological polar surface area (TPSA) is 91.3 Å². The molecule has 0 radical (unpaired) electrons. The predicted octanol–water partition coefficient (Wildman–Crippen LogP) is 3.08. The van der Waals surface area contributed by atoms with Crippen LogP contribution < -0.4 is 0 Å². The van der Waals surface area contributed by atoms with Gasteiger partial charge in [-0.05, 0) is 37.1 Å². The Hall–Kier alpha value is -2.12. The minimum absolute atomic E-state index is 0.172. The number of carbonyl (C=O) groups is 2. The fourth-order valence-electron chi connectivity index (χ4n) is 2.88. The van der Waals surface area contributed by atoms with E-state index >= 15 is 0 Å². The smallest absolute Gasteiger partial charge is 0.331 e. The third kappa shape index (κ3) is 8.41. The minimum Gasteiger partial charge on any atom is -0.497 e. The van der Waals surface area contributed by atoms with Crippen molar-refractivity contribution < 1.29 is 33.6 Å². The van der Waals surface area contributed by atoms with E-state index in [4.69, 9.17) is 18.9 Å². The summed E-state index contributed by atoms with van der Waals surface area (Å²) in [7, 11) is 3.13. The second-order valence-corrected chi connectivity index (χ2v) is 6.96. The zero-order chi connectivity index (χ0) is 21.7. The van der Waals surface area contributed by atoms with Crippen LogP contribution in [-0.2, 0) is 28.5 Å². The molecule has 0 heterocycles. The fraction of sp³-hybridized carbons (Fsp3) is 0.636. The molecule has 3 atom stereocenters. The number of hydrogen-bond donors (Lipinski definition) is 1. The molecule has 0 aromatic carbocycles. The van der Waals surface area contributed by atoms with Crippen LogP contribution in [0.1, 0.15) is 46.0 Å². The van der Waals surface area contributed by atoms with Gasteiger partial charge in [0.1, 0.15) is 18.0 Å². The van der Waals surface area contributed by atoms with Crippen molar-refractivity contribution >= 4 is 11.9 Å². The van der Waals surface area contributed by atoms with E-state index in [9.17, 15) is 14.7 Å². The van der Waals surface area contributed by atoms with Gasteiger partial charge in [0.05, 0.1) is 19.6 Å². The normalized spacial score (nSPS) is 20.8. The molecular weight excluding hydrogens is 376 g/mol. The standard InChI is InChI=1S/C22H34O7/c1-5-7-8-17(6-2)21(25)28-16-19(15-23)29-20(24)11-14-22(27-4)12-9-18(26-3)10-13-22/h9-12,14,17,19,23H,5-8,13,15-16H2,1-4H3. The van der Waals surface area contributed by atoms with E-state index in [2.05, 4.69) is 6.92 Å². The van der Waals surface area contributed by atoms with Crippen molar-refractivity contribution in [2.45, 2.75) is 57.7 Å². The van der Waals surface area contributed by atoms with Crippen LogP contribution in [0, 0.1) is 5.92 Å². The Morgan fingerprint density at radius 2 is 2.07 bits per heavy atom. The summed E-state index contributed by atoms with van der Waals surface area (Å²) in [6, 6.07) is 0. The predicted molar refractivity (Wildman–Crippen MR) is 109 cm³/mol. The van der Waals surface area contributed by atoms with Gasteiger partial charge in [0, 0.05) is 19.6 Å². The summed E-state index contributed by atoms with van der Waals surface area (Å²) in [6.07, 6.45) is 11.3. The number of unbranched alkanes of at least 4 members (excludes halogenated alkanes) is 1. The van der Waals surface area contributed by atoms with Crippen LogP contribution in [0.4, 0.5) is 0 Å². The third-order valence-electron chi connectivity index (χ3n) is 4.90. The van der Waals surface area contributed by atoms with Crippen LogP contribution in [0.15, 0.2) is 36.1 Å². The van der Waals surface area contributed by atoms with Gasteiger partial charge >= 0.3 is 11.9 Å². The molecule has 0 spiro atoms. The zero-order valence-electron chi connectivity index (χ0n) is 17.9. The van der Waals surface area contributed by atoms with Crippen LogP contribution in [-0.4, -0.2) is 56.2 Å². The van der Waals surface area contributed by atoms with Gasteiger partial charge in [-0.2, -0.15) is 0 Å². The summed E-state index contributed by atoms with van der Waals surface area (Å²) < 4.78 is 21.1. The van der Waals surface area contributed by atoms with Crippen LogP contribution in [0.3, 0.4) is 0 Å². The van der Waals surface area contributed by atoms with Crippen LogP contribution in [0.5, 0.6) is 0 Å². The largest absolute Gasteiger partial charge is 0.497 e. The molecule has 0 aliphatic heterocycles. The van der Waals surface area contributed by atoms with Gasteiger partial charge < -0.3 is 24.1 Å². The molecule has 1 rings (SSSR count). The van der Waals surface area contributed by atoms with E-state index in [0.29, 0.717) is 12.8 Å². The Bertz CT molecular complexity index is 608. The van der Waals surface area contributed by atoms with Crippen LogP contribution in [0.25, 0.3) is 0 Å². The van der Waals surface area contributed by atoms with Crippen molar-refractivity contribution in [3.8, 4) is 0 Å². The first-order valence-electron chi connectivity index (χ1n) is 10.1. The Balaban J connectivity index is 2.56. The number of aliphatic hydroxyl groups is 1. The molecule has 1 N–H and O–H groups in total. The van der Waals surface area contributed by atoms with Crippen molar-refractivity contribution in [3.63, 3.8) is 0 Å². The van der Waals surface area contributed by atoms with E-state index in [1.54, 1.807) is 32.4 Å². The molecule has 0 amide bonds. The molecule has 1 aliphatic rings. The number of rotatable bonds is 13. The quantitative estimate of drug-likeness (QED) is 0.368. The highest BCUT2D eigenvalue weighted by molar-refractivity contribution is 5.82. The second-order valence-electron chi connectivity index (χ2n) is 6.96. The molecular formula is C22H34O7. The Morgan fingerprint density at radius 3 is 2.59 bits per heavy atom. The van der Waals surface area contributed by atoms with Gasteiger partial charge in [0.15, 0.2) is 6.10 Å². The maximum absolute atomic E-state index is 12.2. The molecule has 29 heavy (non-hydrogen) atoms. The maximum Gasteiger partial charge on any atom is 0.331 e. The summed E-state index contributed by atoms with van der Waals surface area (Å²) in [4.78, 5) is 24.3. The van der Waals surface area contributed by atoms with Gasteiger partial charge in [0.2, 0.25) is 0 Å². The lowest BCUT2D eigenvalue weighted by atomic mass is 9.94. The summed E-state index contributed by atoms with van der Waals surface area (Å²) in [5.74, 6) is -0.420. The summed E-state index contributed by atoms with van der Waals surface area (Å²) in [5.41, 5.74) is -0.768. The van der Waals surface area contributed by atoms with E-state index in [1.807, 2.05) is 13.0 Å². The Morgan fingerprint density at radius 1 is 1.31 bits per heavy atom. The lowest BCUT2D eigenvalue weighted by molar-refractivity contribution is -0.160. The summed E-state index contributed by atoms with van der Waals surface area (Å²) >= 11 is 0. The van der Waals surface area contributed by atoms with E-state index < -0.39 is 24.3 Å². The van der Waals surface area contributed by atoms with Gasteiger partial charge in [-0.25, -0.2) is 4.79 Å². The number of methoxy groups -OCH3 is 2. The van der Waals surface area contributed by atoms with Crippen LogP contribution in [0.2, 0.25) is 0 Å². The molecule has 0 bridgehead atoms. The van der Waals surface area contributed by atoms with Crippen LogP contribution >= 0.6 is 0 Å². The van der Waals surface area contributed by atoms with E-state index in [0.717, 1.165) is 25.0 Å². The molecule has 0 aromatic rings. The van der Waals surface area contributed by atoms with E-state index in [1.165, 1.54) is 6.08 Å². The lowest BCUT2D eigenvalue weighted by Gasteiger charge is -2.27. The number of ether oxygens (including phenoxy) is 4. The molecule has 7 nitrogen and oxygen atoms in total. The van der Waals surface area contributed by atoms with E-state index in [-0.39, 0.29) is 18.5 Å². The highest BCUT2D eigenvalue weighted by Gasteiger charge is 2.26. The van der Waals surface area contributed by atoms with Gasteiger partial charge in [0.25, 0.3) is 0 Å². The first-order chi connectivity index (χ1) is 13.9. The fourth-order valence-corrected chi connectivity index (χ4v) is 2.88. The average Bonchev–Trinajstić information content (AvgIpc) is 2.76. The Labute approximate surface area is 173 Å². The first-order valence-corrected chi connectivity index (χ1v) is 10.1. The number of aliphatic hydroxyl groups excluding tert-OH is 1. The summed E-state index contributed by atoms with van der Waals surface area (Å²) in [5, 5.41) is 9.45. The number of allylic oxidation sites excluding steroid dienone is 1. The lowest BCUT2D eigenvalue weighted by Crippen LogP contribution is -2.30. The third-order valence-corrected chi connectivity index (χ3v) is 4.90. The van der Waals surface area contributed by atoms with Crippen molar-refractivity contribution in [1.29, 1.82) is 0 Å². The molecule has 164 valence electrons. The molecule has 7 heteroatoms. The van der Waals surface area contributed by atoms with Crippen molar-refractivity contribution in [2.24, 2.45) is 5.92 Å². The highest BCUT2D eigenvalue weighted by atomic mass is 16.6. The van der Waals surface area contributed by atoms with Crippen molar-refractivity contribution in [2.75, 3.05) is 27.4 Å². The van der Waals surface area contributed by atoms with Crippen molar-refractivity contribution in [1.82, 2.24) is 0 Å². The summed E-state index contributed by atoms with van der Waals surface area (Å²) in [6.45, 7) is 3.39. The van der Waals surface area contributed by atoms with Crippen molar-refractivity contribution in [3.05, 3.63) is 36.1 Å². The highest BCUT2D eigenvalue weighted by Crippen LogP contribution is 2.26. The Kier molecular flexibility index (Phi) is 11.3. The average molecular weight is 411 g/mol. The number of hydrogen-bond acceptors (Lipinski definition) is 7. The monoisotopic (exact) mass is 410 g/mol. The minimum atomic E-state index is -0.917. The molecule has 0 saturated carbocycles.